The number of carbonyl (C=O) groups excluding carboxylic acids is 1. The van der Waals surface area contributed by atoms with Crippen LogP contribution in [-0.2, 0) is 6.54 Å². The van der Waals surface area contributed by atoms with Gasteiger partial charge in [0.2, 0.25) is 0 Å². The van der Waals surface area contributed by atoms with Gasteiger partial charge >= 0.3 is 0 Å². The Balaban J connectivity index is 1.60. The van der Waals surface area contributed by atoms with E-state index in [4.69, 9.17) is 4.74 Å². The second-order valence-corrected chi connectivity index (χ2v) is 9.79. The fourth-order valence-electron chi connectivity index (χ4n) is 5.15. The number of ether oxygens (including phenoxy) is 1. The van der Waals surface area contributed by atoms with Crippen LogP contribution in [0.2, 0.25) is 0 Å². The van der Waals surface area contributed by atoms with E-state index in [1.807, 2.05) is 85.5 Å². The minimum absolute atomic E-state index is 0.110. The summed E-state index contributed by atoms with van der Waals surface area (Å²) in [4.78, 5) is 15.6. The number of carbonyl (C=O) groups is 1. The second-order valence-electron chi connectivity index (χ2n) is 9.79. The number of aryl methyl sites for hydroxylation is 2. The number of H-pyrrole nitrogens is 1. The fourth-order valence-corrected chi connectivity index (χ4v) is 5.15. The average molecular weight is 496 g/mol. The summed E-state index contributed by atoms with van der Waals surface area (Å²) in [5.74, 6) is 0.856. The lowest BCUT2D eigenvalue weighted by Crippen LogP contribution is -2.29. The number of nitrogens with one attached hydrogen (secondary N) is 1. The van der Waals surface area contributed by atoms with Crippen LogP contribution in [0.15, 0.2) is 66.7 Å². The van der Waals surface area contributed by atoms with Gasteiger partial charge in [-0.05, 0) is 60.7 Å². The molecule has 0 radical (unpaired) electrons. The molecule has 5 rings (SSSR count). The Morgan fingerprint density at radius 1 is 1.03 bits per heavy atom. The van der Waals surface area contributed by atoms with Gasteiger partial charge in [0, 0.05) is 17.7 Å². The molecule has 2 N–H and O–H groups in total. The Labute approximate surface area is 217 Å². The minimum atomic E-state index is -0.379. The first kappa shape index (κ1) is 24.6. The Bertz CT molecular complexity index is 1410. The Morgan fingerprint density at radius 3 is 2.62 bits per heavy atom. The van der Waals surface area contributed by atoms with E-state index >= 15 is 0 Å². The summed E-state index contributed by atoms with van der Waals surface area (Å²) >= 11 is 0. The van der Waals surface area contributed by atoms with Gasteiger partial charge in [-0.1, -0.05) is 68.3 Å². The highest BCUT2D eigenvalue weighted by molar-refractivity contribution is 6.00. The lowest BCUT2D eigenvalue weighted by atomic mass is 9.94. The van der Waals surface area contributed by atoms with Crippen LogP contribution in [-0.4, -0.2) is 32.7 Å². The Kier molecular flexibility index (Phi) is 6.99. The summed E-state index contributed by atoms with van der Waals surface area (Å²) in [7, 11) is 0. The molecule has 1 aliphatic rings. The lowest BCUT2D eigenvalue weighted by Gasteiger charge is -2.27. The van der Waals surface area contributed by atoms with Gasteiger partial charge in [0.05, 0.1) is 12.6 Å². The van der Waals surface area contributed by atoms with Crippen molar-refractivity contribution in [2.24, 2.45) is 0 Å². The van der Waals surface area contributed by atoms with E-state index in [1.165, 1.54) is 0 Å². The van der Waals surface area contributed by atoms with Crippen molar-refractivity contribution in [3.8, 4) is 22.8 Å². The van der Waals surface area contributed by atoms with Crippen LogP contribution in [0.5, 0.6) is 11.5 Å². The van der Waals surface area contributed by atoms with Crippen molar-refractivity contribution >= 4 is 5.91 Å². The molecule has 2 heterocycles. The first-order valence-corrected chi connectivity index (χ1v) is 12.9. The summed E-state index contributed by atoms with van der Waals surface area (Å²) in [6.45, 7) is 7.15. The molecule has 6 nitrogen and oxygen atoms in total. The standard InChI is InChI=1S/C31H33N3O3/c1-4-5-9-15-37-24-14-10-13-23(18-24)29-26-27(25-17-20(2)16-21(3)30(25)35)32-33-28(26)31(36)34(29)19-22-11-7-6-8-12-22/h6-8,10-14,16-18,29,35H,4-5,9,15,19H2,1-3H3,(H,32,33). The summed E-state index contributed by atoms with van der Waals surface area (Å²) in [5.41, 5.74) is 6.25. The number of nitrogens with zero attached hydrogens (tertiary/aromatic N) is 2. The number of phenols is 1. The van der Waals surface area contributed by atoms with Crippen LogP contribution in [0.1, 0.15) is 70.5 Å². The molecular formula is C31H33N3O3. The first-order chi connectivity index (χ1) is 18.0. The smallest absolute Gasteiger partial charge is 0.273 e. The van der Waals surface area contributed by atoms with Crippen molar-refractivity contribution in [3.63, 3.8) is 0 Å². The molecule has 4 aromatic rings. The number of phenolic OH excluding ortho intramolecular Hbond substituents is 1. The van der Waals surface area contributed by atoms with Gasteiger partial charge < -0.3 is 14.7 Å². The molecule has 3 aromatic carbocycles. The van der Waals surface area contributed by atoms with Crippen LogP contribution in [0.3, 0.4) is 0 Å². The number of hydrogen-bond donors (Lipinski definition) is 2. The third kappa shape index (κ3) is 4.84. The zero-order chi connectivity index (χ0) is 25.9. The van der Waals surface area contributed by atoms with Gasteiger partial charge in [-0.3, -0.25) is 9.89 Å². The van der Waals surface area contributed by atoms with Gasteiger partial charge in [-0.25, -0.2) is 0 Å². The summed E-state index contributed by atoms with van der Waals surface area (Å²) in [6.07, 6.45) is 3.27. The Hall–Kier alpha value is -4.06. The molecule has 0 fully saturated rings. The molecule has 0 bridgehead atoms. The summed E-state index contributed by atoms with van der Waals surface area (Å²) in [5, 5.41) is 18.5. The fraction of sp³-hybridized carbons (Fsp3) is 0.290. The maximum absolute atomic E-state index is 13.7. The largest absolute Gasteiger partial charge is 0.507 e. The van der Waals surface area contributed by atoms with Crippen LogP contribution in [0.25, 0.3) is 11.3 Å². The molecule has 1 atom stereocenters. The molecule has 1 aromatic heterocycles. The normalized spacial score (nSPS) is 14.7. The highest BCUT2D eigenvalue weighted by Gasteiger charge is 2.42. The van der Waals surface area contributed by atoms with Gasteiger partial charge in [0.15, 0.2) is 0 Å². The molecule has 0 saturated heterocycles. The third-order valence-corrected chi connectivity index (χ3v) is 6.95. The summed E-state index contributed by atoms with van der Waals surface area (Å²) in [6, 6.07) is 21.5. The number of aromatic nitrogens is 2. The second kappa shape index (κ2) is 10.5. The molecule has 1 aliphatic heterocycles. The first-order valence-electron chi connectivity index (χ1n) is 12.9. The number of hydrogen-bond acceptors (Lipinski definition) is 4. The number of amides is 1. The van der Waals surface area contributed by atoms with Crippen molar-refractivity contribution in [3.05, 3.63) is 100 Å². The van der Waals surface area contributed by atoms with Crippen LogP contribution < -0.4 is 4.74 Å². The Morgan fingerprint density at radius 2 is 1.84 bits per heavy atom. The molecular weight excluding hydrogens is 462 g/mol. The molecule has 6 heteroatoms. The van der Waals surface area contributed by atoms with Gasteiger partial charge in [-0.2, -0.15) is 5.10 Å². The van der Waals surface area contributed by atoms with Crippen molar-refractivity contribution in [2.45, 2.75) is 52.6 Å². The molecule has 1 amide bonds. The zero-order valence-electron chi connectivity index (χ0n) is 21.6. The quantitative estimate of drug-likeness (QED) is 0.253. The topological polar surface area (TPSA) is 78.5 Å². The van der Waals surface area contributed by atoms with E-state index in [2.05, 4.69) is 17.1 Å². The van der Waals surface area contributed by atoms with E-state index in [1.54, 1.807) is 0 Å². The van der Waals surface area contributed by atoms with Crippen molar-refractivity contribution in [1.82, 2.24) is 15.1 Å². The molecule has 0 aliphatic carbocycles. The number of aromatic hydroxyl groups is 1. The molecule has 1 unspecified atom stereocenters. The average Bonchev–Trinajstić information content (AvgIpc) is 3.44. The highest BCUT2D eigenvalue weighted by atomic mass is 16.5. The molecule has 0 spiro atoms. The molecule has 37 heavy (non-hydrogen) atoms. The van der Waals surface area contributed by atoms with Gasteiger partial charge in [-0.15, -0.1) is 0 Å². The van der Waals surface area contributed by atoms with E-state index in [0.29, 0.717) is 30.1 Å². The number of unbranched alkanes of at least 4 members (excludes halogenated alkanes) is 2. The van der Waals surface area contributed by atoms with Crippen molar-refractivity contribution in [2.75, 3.05) is 6.61 Å². The summed E-state index contributed by atoms with van der Waals surface area (Å²) < 4.78 is 6.06. The SMILES string of the molecule is CCCCCOc1cccc(C2c3c(-c4cc(C)cc(C)c4O)n[nH]c3C(=O)N2Cc2ccccc2)c1. The molecule has 190 valence electrons. The maximum Gasteiger partial charge on any atom is 0.273 e. The van der Waals surface area contributed by atoms with Gasteiger partial charge in [0.1, 0.15) is 22.9 Å². The van der Waals surface area contributed by atoms with Crippen LogP contribution in [0.4, 0.5) is 0 Å². The minimum Gasteiger partial charge on any atom is -0.507 e. The van der Waals surface area contributed by atoms with Gasteiger partial charge in [0.25, 0.3) is 5.91 Å². The lowest BCUT2D eigenvalue weighted by molar-refractivity contribution is 0.0730. The number of rotatable bonds is 9. The van der Waals surface area contributed by atoms with E-state index in [9.17, 15) is 9.90 Å². The predicted molar refractivity (Wildman–Crippen MR) is 145 cm³/mol. The van der Waals surface area contributed by atoms with E-state index in [-0.39, 0.29) is 17.7 Å². The van der Waals surface area contributed by atoms with Crippen LogP contribution in [0, 0.1) is 13.8 Å². The van der Waals surface area contributed by atoms with Crippen molar-refractivity contribution < 1.29 is 14.6 Å². The van der Waals surface area contributed by atoms with E-state index < -0.39 is 0 Å². The number of benzene rings is 3. The monoisotopic (exact) mass is 495 g/mol. The van der Waals surface area contributed by atoms with E-state index in [0.717, 1.165) is 52.8 Å². The maximum atomic E-state index is 13.7. The van der Waals surface area contributed by atoms with Crippen molar-refractivity contribution in [1.29, 1.82) is 0 Å². The molecule has 0 saturated carbocycles. The number of aromatic amines is 1. The third-order valence-electron chi connectivity index (χ3n) is 6.95. The number of fused-ring (bicyclic) bond motifs is 1. The van der Waals surface area contributed by atoms with Crippen LogP contribution >= 0.6 is 0 Å². The zero-order valence-corrected chi connectivity index (χ0v) is 21.6. The predicted octanol–water partition coefficient (Wildman–Crippen LogP) is 6.71. The highest BCUT2D eigenvalue weighted by Crippen LogP contribution is 2.46.